The maximum atomic E-state index is 13.2. The van der Waals surface area contributed by atoms with E-state index in [1.54, 1.807) is 9.80 Å². The van der Waals surface area contributed by atoms with Crippen LogP contribution in [0.4, 0.5) is 4.39 Å². The molecule has 7 nitrogen and oxygen atoms in total. The van der Waals surface area contributed by atoms with E-state index in [4.69, 9.17) is 11.6 Å². The normalized spacial score (nSPS) is 18.9. The molecule has 0 atom stereocenters. The van der Waals surface area contributed by atoms with E-state index < -0.39 is 15.8 Å². The number of sulfonamides is 1. The second-order valence-electron chi connectivity index (χ2n) is 8.08. The molecule has 2 aliphatic heterocycles. The van der Waals surface area contributed by atoms with Crippen LogP contribution in [0.5, 0.6) is 0 Å². The van der Waals surface area contributed by atoms with Crippen molar-refractivity contribution in [2.75, 3.05) is 45.0 Å². The average molecular weight is 474 g/mol. The molecule has 0 bridgehead atoms. The highest BCUT2D eigenvalue weighted by atomic mass is 35.5. The molecular weight excluding hydrogens is 445 g/mol. The lowest BCUT2D eigenvalue weighted by Crippen LogP contribution is -2.53. The summed E-state index contributed by atoms with van der Waals surface area (Å²) in [5.74, 6) is -0.774. The molecule has 0 N–H and O–H groups in total. The average Bonchev–Trinajstić information content (AvgIpc) is 2.77. The van der Waals surface area contributed by atoms with Crippen LogP contribution in [-0.2, 0) is 14.8 Å². The number of benzene rings is 1. The van der Waals surface area contributed by atoms with Gasteiger partial charge in [-0.05, 0) is 37.5 Å². The molecule has 1 aromatic rings. The Bertz CT molecular complexity index is 911. The predicted octanol–water partition coefficient (Wildman–Crippen LogP) is 2.61. The van der Waals surface area contributed by atoms with E-state index >= 15 is 0 Å². The molecule has 2 saturated heterocycles. The van der Waals surface area contributed by atoms with Gasteiger partial charge in [-0.25, -0.2) is 17.1 Å². The van der Waals surface area contributed by atoms with Gasteiger partial charge in [0.2, 0.25) is 15.9 Å². The minimum absolute atomic E-state index is 0.0255. The molecule has 2 fully saturated rings. The van der Waals surface area contributed by atoms with Gasteiger partial charge in [0.25, 0.3) is 5.91 Å². The maximum absolute atomic E-state index is 13.2. The summed E-state index contributed by atoms with van der Waals surface area (Å²) < 4.78 is 39.4. The van der Waals surface area contributed by atoms with Crippen molar-refractivity contribution in [1.82, 2.24) is 14.1 Å². The first-order valence-corrected chi connectivity index (χ1v) is 12.7. The number of piperidine rings is 1. The summed E-state index contributed by atoms with van der Waals surface area (Å²) in [7, 11) is -3.24. The second kappa shape index (κ2) is 10.3. The summed E-state index contributed by atoms with van der Waals surface area (Å²) in [6, 6.07) is 3.69. The molecule has 0 radical (unpaired) electrons. The Labute approximate surface area is 188 Å². The fraction of sp³-hybridized carbons (Fsp3) is 0.619. The maximum Gasteiger partial charge on any atom is 0.255 e. The Morgan fingerprint density at radius 1 is 1.06 bits per heavy atom. The standard InChI is InChI=1S/C21H29ClFN3O4S/c1-2-3-14-31(29,30)26-8-6-16(7-9-26)20(27)24-10-12-25(13-11-24)21(28)18-5-4-17(23)15-19(18)22/h4-5,15-16H,2-3,6-14H2,1H3. The monoisotopic (exact) mass is 473 g/mol. The molecule has 10 heteroatoms. The first kappa shape index (κ1) is 23.9. The zero-order chi connectivity index (χ0) is 22.6. The molecule has 0 unspecified atom stereocenters. The lowest BCUT2D eigenvalue weighted by molar-refractivity contribution is -0.138. The Morgan fingerprint density at radius 2 is 1.68 bits per heavy atom. The van der Waals surface area contributed by atoms with Crippen LogP contribution >= 0.6 is 11.6 Å². The quantitative estimate of drug-likeness (QED) is 0.636. The van der Waals surface area contributed by atoms with Crippen LogP contribution < -0.4 is 0 Å². The molecule has 172 valence electrons. The van der Waals surface area contributed by atoms with Crippen molar-refractivity contribution in [1.29, 1.82) is 0 Å². The number of rotatable bonds is 6. The van der Waals surface area contributed by atoms with E-state index in [1.165, 1.54) is 16.4 Å². The van der Waals surface area contributed by atoms with Crippen molar-refractivity contribution >= 4 is 33.4 Å². The smallest absolute Gasteiger partial charge is 0.255 e. The third-order valence-electron chi connectivity index (χ3n) is 5.99. The lowest BCUT2D eigenvalue weighted by atomic mass is 9.96. The summed E-state index contributed by atoms with van der Waals surface area (Å²) in [5.41, 5.74) is 0.250. The van der Waals surface area contributed by atoms with Gasteiger partial charge in [0.05, 0.1) is 16.3 Å². The van der Waals surface area contributed by atoms with Crippen molar-refractivity contribution in [3.8, 4) is 0 Å². The van der Waals surface area contributed by atoms with Gasteiger partial charge in [0.15, 0.2) is 0 Å². The summed E-state index contributed by atoms with van der Waals surface area (Å²) in [6.45, 7) is 4.30. The highest BCUT2D eigenvalue weighted by Crippen LogP contribution is 2.24. The Kier molecular flexibility index (Phi) is 7.93. The summed E-state index contributed by atoms with van der Waals surface area (Å²) >= 11 is 6.00. The number of hydrogen-bond donors (Lipinski definition) is 0. The van der Waals surface area contributed by atoms with Crippen molar-refractivity contribution < 1.29 is 22.4 Å². The van der Waals surface area contributed by atoms with Crippen LogP contribution in [0.25, 0.3) is 0 Å². The summed E-state index contributed by atoms with van der Waals surface area (Å²) in [4.78, 5) is 28.9. The minimum Gasteiger partial charge on any atom is -0.339 e. The molecule has 2 amide bonds. The largest absolute Gasteiger partial charge is 0.339 e. The molecule has 3 rings (SSSR count). The van der Waals surface area contributed by atoms with E-state index in [9.17, 15) is 22.4 Å². The van der Waals surface area contributed by atoms with Crippen LogP contribution in [0.3, 0.4) is 0 Å². The molecule has 2 heterocycles. The van der Waals surface area contributed by atoms with Crippen LogP contribution in [0.15, 0.2) is 18.2 Å². The molecule has 1 aromatic carbocycles. The fourth-order valence-corrected chi connectivity index (χ4v) is 5.99. The molecule has 0 aromatic heterocycles. The highest BCUT2D eigenvalue weighted by Gasteiger charge is 2.34. The SMILES string of the molecule is CCCCS(=O)(=O)N1CCC(C(=O)N2CCN(C(=O)c3ccc(F)cc3Cl)CC2)CC1. The van der Waals surface area contributed by atoms with E-state index in [0.717, 1.165) is 12.5 Å². The van der Waals surface area contributed by atoms with Crippen molar-refractivity contribution in [3.05, 3.63) is 34.6 Å². The number of amides is 2. The topological polar surface area (TPSA) is 78.0 Å². The van der Waals surface area contributed by atoms with Gasteiger partial charge in [0.1, 0.15) is 5.82 Å². The van der Waals surface area contributed by atoms with Crippen molar-refractivity contribution in [2.24, 2.45) is 5.92 Å². The molecule has 2 aliphatic rings. The zero-order valence-corrected chi connectivity index (χ0v) is 19.3. The summed E-state index contributed by atoms with van der Waals surface area (Å²) in [5, 5.41) is 0.0733. The molecular formula is C21H29ClFN3O4S. The Morgan fingerprint density at radius 3 is 2.26 bits per heavy atom. The van der Waals surface area contributed by atoms with Gasteiger partial charge in [-0.2, -0.15) is 0 Å². The number of unbranched alkanes of at least 4 members (excludes halogenated alkanes) is 1. The molecule has 0 saturated carbocycles. The molecule has 0 spiro atoms. The lowest BCUT2D eigenvalue weighted by Gasteiger charge is -2.38. The number of nitrogens with zero attached hydrogens (tertiary/aromatic N) is 3. The number of halogens is 2. The van der Waals surface area contributed by atoms with Crippen LogP contribution in [0.1, 0.15) is 43.0 Å². The molecule has 31 heavy (non-hydrogen) atoms. The van der Waals surface area contributed by atoms with E-state index in [1.807, 2.05) is 6.92 Å². The second-order valence-corrected chi connectivity index (χ2v) is 10.6. The van der Waals surface area contributed by atoms with E-state index in [0.29, 0.717) is 58.5 Å². The van der Waals surface area contributed by atoms with Crippen LogP contribution in [0, 0.1) is 11.7 Å². The van der Waals surface area contributed by atoms with Gasteiger partial charge in [0, 0.05) is 45.2 Å². The Hall–Kier alpha value is -1.71. The third-order valence-corrected chi connectivity index (χ3v) is 8.26. The van der Waals surface area contributed by atoms with Crippen LogP contribution in [0.2, 0.25) is 5.02 Å². The summed E-state index contributed by atoms with van der Waals surface area (Å²) in [6.07, 6.45) is 2.52. The van der Waals surface area contributed by atoms with Gasteiger partial charge in [-0.3, -0.25) is 9.59 Å². The van der Waals surface area contributed by atoms with Crippen molar-refractivity contribution in [2.45, 2.75) is 32.6 Å². The van der Waals surface area contributed by atoms with E-state index in [2.05, 4.69) is 0 Å². The zero-order valence-electron chi connectivity index (χ0n) is 17.7. The highest BCUT2D eigenvalue weighted by molar-refractivity contribution is 7.89. The first-order valence-electron chi connectivity index (χ1n) is 10.7. The van der Waals surface area contributed by atoms with Gasteiger partial charge in [-0.1, -0.05) is 24.9 Å². The third kappa shape index (κ3) is 5.75. The van der Waals surface area contributed by atoms with Crippen LogP contribution in [-0.4, -0.2) is 79.4 Å². The van der Waals surface area contributed by atoms with E-state index in [-0.39, 0.29) is 34.1 Å². The number of hydrogen-bond acceptors (Lipinski definition) is 4. The van der Waals surface area contributed by atoms with Gasteiger partial charge in [-0.15, -0.1) is 0 Å². The number of carbonyl (C=O) groups is 2. The number of piperazine rings is 1. The first-order chi connectivity index (χ1) is 14.7. The Balaban J connectivity index is 1.50. The number of carbonyl (C=O) groups excluding carboxylic acids is 2. The minimum atomic E-state index is -3.24. The van der Waals surface area contributed by atoms with Gasteiger partial charge >= 0.3 is 0 Å². The predicted molar refractivity (Wildman–Crippen MR) is 117 cm³/mol. The fourth-order valence-electron chi connectivity index (χ4n) is 4.06. The van der Waals surface area contributed by atoms with Gasteiger partial charge < -0.3 is 9.80 Å². The molecule has 0 aliphatic carbocycles. The van der Waals surface area contributed by atoms with Crippen molar-refractivity contribution in [3.63, 3.8) is 0 Å².